The number of nitrogens with one attached hydrogen (secondary N) is 1. The van der Waals surface area contributed by atoms with E-state index in [1.165, 1.54) is 10.8 Å². The maximum atomic E-state index is 9.70. The van der Waals surface area contributed by atoms with Gasteiger partial charge < -0.3 is 5.21 Å². The Bertz CT molecular complexity index is 1150. The number of hydrogen-bond acceptors (Lipinski definition) is 7. The average molecular weight is 373 g/mol. The lowest BCUT2D eigenvalue weighted by Crippen LogP contribution is -2.29. The Kier molecular flexibility index (Phi) is 4.72. The summed E-state index contributed by atoms with van der Waals surface area (Å²) in [6.45, 7) is 0. The van der Waals surface area contributed by atoms with E-state index in [4.69, 9.17) is 0 Å². The standard InChI is InChI=1S/C19H15N7O2/c27-24-16(14-9-5-2-6-10-14)17(25-28)23-18-15(13-7-3-1-4-8-13)11-20-19-21-12-22-26(18)19/h1-12,27-28H,(H,23,25). The molecule has 3 N–H and O–H groups in total. The van der Waals surface area contributed by atoms with E-state index in [1.807, 2.05) is 41.9 Å². The highest BCUT2D eigenvalue weighted by Gasteiger charge is 2.17. The van der Waals surface area contributed by atoms with E-state index in [9.17, 15) is 10.4 Å². The molecule has 2 aromatic carbocycles. The van der Waals surface area contributed by atoms with Crippen molar-refractivity contribution in [1.29, 1.82) is 0 Å². The minimum absolute atomic E-state index is 0.0612. The third kappa shape index (κ3) is 3.17. The van der Waals surface area contributed by atoms with Crippen LogP contribution in [0.5, 0.6) is 0 Å². The van der Waals surface area contributed by atoms with E-state index < -0.39 is 0 Å². The Balaban J connectivity index is 1.93. The van der Waals surface area contributed by atoms with Gasteiger partial charge in [0.15, 0.2) is 17.4 Å². The molecule has 2 aromatic heterocycles. The van der Waals surface area contributed by atoms with Crippen molar-refractivity contribution in [2.75, 3.05) is 0 Å². The molecule has 9 nitrogen and oxygen atoms in total. The van der Waals surface area contributed by atoms with E-state index in [0.29, 0.717) is 22.7 Å². The second-order valence-corrected chi connectivity index (χ2v) is 5.72. The summed E-state index contributed by atoms with van der Waals surface area (Å²) in [4.78, 5) is 12.9. The summed E-state index contributed by atoms with van der Waals surface area (Å²) in [5.74, 6) is 0.647. The van der Waals surface area contributed by atoms with Crippen LogP contribution in [0, 0.1) is 0 Å². The number of aliphatic imine (C=N–C) groups is 1. The number of amidine groups is 1. The minimum Gasteiger partial charge on any atom is -0.410 e. The van der Waals surface area contributed by atoms with Gasteiger partial charge in [-0.15, -0.1) is 0 Å². The zero-order valence-corrected chi connectivity index (χ0v) is 14.5. The van der Waals surface area contributed by atoms with Gasteiger partial charge in [-0.1, -0.05) is 65.8 Å². The van der Waals surface area contributed by atoms with Crippen LogP contribution in [0.2, 0.25) is 0 Å². The Morgan fingerprint density at radius 2 is 1.68 bits per heavy atom. The van der Waals surface area contributed by atoms with Crippen molar-refractivity contribution >= 4 is 23.1 Å². The fraction of sp³-hybridized carbons (Fsp3) is 0. The van der Waals surface area contributed by atoms with E-state index in [2.05, 4.69) is 25.2 Å². The molecule has 0 saturated carbocycles. The quantitative estimate of drug-likeness (QED) is 0.219. The van der Waals surface area contributed by atoms with Crippen molar-refractivity contribution in [3.8, 4) is 11.1 Å². The lowest BCUT2D eigenvalue weighted by molar-refractivity contribution is 0.236. The zero-order valence-electron chi connectivity index (χ0n) is 14.5. The second kappa shape index (κ2) is 7.64. The number of rotatable bonds is 4. The number of benzene rings is 2. The van der Waals surface area contributed by atoms with Gasteiger partial charge in [0, 0.05) is 17.3 Å². The first-order valence-corrected chi connectivity index (χ1v) is 8.32. The van der Waals surface area contributed by atoms with Crippen LogP contribution in [0.4, 0.5) is 5.82 Å². The highest BCUT2D eigenvalue weighted by Crippen LogP contribution is 2.29. The molecule has 0 amide bonds. The van der Waals surface area contributed by atoms with Gasteiger partial charge in [0.2, 0.25) is 0 Å². The maximum Gasteiger partial charge on any atom is 0.254 e. The van der Waals surface area contributed by atoms with Gasteiger partial charge >= 0.3 is 0 Å². The summed E-state index contributed by atoms with van der Waals surface area (Å²) in [5.41, 5.74) is 4.16. The fourth-order valence-electron chi connectivity index (χ4n) is 2.77. The lowest BCUT2D eigenvalue weighted by atomic mass is 10.1. The molecular weight excluding hydrogens is 358 g/mol. The molecule has 0 unspecified atom stereocenters. The monoisotopic (exact) mass is 373 g/mol. The molecule has 0 atom stereocenters. The largest absolute Gasteiger partial charge is 0.410 e. The van der Waals surface area contributed by atoms with Crippen LogP contribution in [-0.4, -0.2) is 41.5 Å². The average Bonchev–Trinajstić information content (AvgIpc) is 3.24. The Labute approximate surface area is 159 Å². The molecule has 4 rings (SSSR count). The smallest absolute Gasteiger partial charge is 0.254 e. The van der Waals surface area contributed by atoms with E-state index >= 15 is 0 Å². The summed E-state index contributed by atoms with van der Waals surface area (Å²) in [7, 11) is 0. The predicted octanol–water partition coefficient (Wildman–Crippen LogP) is 2.68. The van der Waals surface area contributed by atoms with E-state index in [0.717, 1.165) is 5.56 Å². The molecule has 0 spiro atoms. The zero-order chi connectivity index (χ0) is 19.3. The molecule has 28 heavy (non-hydrogen) atoms. The molecule has 0 saturated heterocycles. The van der Waals surface area contributed by atoms with E-state index in [1.54, 1.807) is 30.5 Å². The number of nitrogens with zero attached hydrogens (tertiary/aromatic N) is 6. The molecule has 0 aliphatic heterocycles. The highest BCUT2D eigenvalue weighted by atomic mass is 16.5. The third-order valence-electron chi connectivity index (χ3n) is 4.06. The van der Waals surface area contributed by atoms with Crippen molar-refractivity contribution in [1.82, 2.24) is 25.1 Å². The number of oxime groups is 1. The fourth-order valence-corrected chi connectivity index (χ4v) is 2.77. The topological polar surface area (TPSA) is 120 Å². The van der Waals surface area contributed by atoms with Crippen LogP contribution in [0.3, 0.4) is 0 Å². The van der Waals surface area contributed by atoms with Crippen molar-refractivity contribution in [2.24, 2.45) is 10.1 Å². The van der Waals surface area contributed by atoms with Crippen LogP contribution in [0.15, 0.2) is 83.3 Å². The lowest BCUT2D eigenvalue weighted by Gasteiger charge is -2.11. The van der Waals surface area contributed by atoms with Gasteiger partial charge in [0.1, 0.15) is 6.33 Å². The van der Waals surface area contributed by atoms with Crippen molar-refractivity contribution < 1.29 is 10.4 Å². The van der Waals surface area contributed by atoms with E-state index in [-0.39, 0.29) is 11.5 Å². The summed E-state index contributed by atoms with van der Waals surface area (Å²) in [6.07, 6.45) is 2.99. The molecule has 0 aliphatic rings. The third-order valence-corrected chi connectivity index (χ3v) is 4.06. The SMILES string of the molecule is ON=C(C(=Nc1c(-c2ccccc2)cnc2ncnn12)NO)c1ccccc1. The van der Waals surface area contributed by atoms with Gasteiger partial charge in [-0.05, 0) is 5.56 Å². The number of fused-ring (bicyclic) bond motifs is 1. The normalized spacial score (nSPS) is 12.3. The van der Waals surface area contributed by atoms with Crippen LogP contribution in [0.1, 0.15) is 5.56 Å². The summed E-state index contributed by atoms with van der Waals surface area (Å²) >= 11 is 0. The second-order valence-electron chi connectivity index (χ2n) is 5.72. The van der Waals surface area contributed by atoms with Gasteiger partial charge in [-0.3, -0.25) is 10.7 Å². The molecule has 0 fully saturated rings. The van der Waals surface area contributed by atoms with Crippen LogP contribution >= 0.6 is 0 Å². The van der Waals surface area contributed by atoms with Gasteiger partial charge in [-0.2, -0.15) is 14.6 Å². The Hall–Kier alpha value is -4.11. The molecule has 138 valence electrons. The molecular formula is C19H15N7O2. The van der Waals surface area contributed by atoms with Gasteiger partial charge in [0.25, 0.3) is 5.78 Å². The summed E-state index contributed by atoms with van der Waals surface area (Å²) in [5, 5.41) is 26.7. The first kappa shape index (κ1) is 17.3. The van der Waals surface area contributed by atoms with Crippen molar-refractivity contribution in [3.63, 3.8) is 0 Å². The first-order valence-electron chi connectivity index (χ1n) is 8.32. The van der Waals surface area contributed by atoms with Crippen molar-refractivity contribution in [3.05, 3.63) is 78.8 Å². The number of aromatic nitrogens is 4. The Morgan fingerprint density at radius 1 is 0.964 bits per heavy atom. The van der Waals surface area contributed by atoms with Crippen LogP contribution in [-0.2, 0) is 0 Å². The summed E-state index contributed by atoms with van der Waals surface area (Å²) in [6, 6.07) is 18.4. The molecule has 0 aliphatic carbocycles. The van der Waals surface area contributed by atoms with Gasteiger partial charge in [-0.25, -0.2) is 9.98 Å². The van der Waals surface area contributed by atoms with Crippen molar-refractivity contribution in [2.45, 2.75) is 0 Å². The number of hydroxylamine groups is 1. The predicted molar refractivity (Wildman–Crippen MR) is 103 cm³/mol. The molecule has 0 bridgehead atoms. The molecule has 0 radical (unpaired) electrons. The molecule has 4 aromatic rings. The summed E-state index contributed by atoms with van der Waals surface area (Å²) < 4.78 is 1.44. The Morgan fingerprint density at radius 3 is 2.36 bits per heavy atom. The maximum absolute atomic E-state index is 9.70. The van der Waals surface area contributed by atoms with Crippen LogP contribution < -0.4 is 5.48 Å². The molecule has 9 heteroatoms. The van der Waals surface area contributed by atoms with Gasteiger partial charge in [0.05, 0.1) is 0 Å². The van der Waals surface area contributed by atoms with Crippen LogP contribution in [0.25, 0.3) is 16.9 Å². The first-order chi connectivity index (χ1) is 13.8. The molecule has 2 heterocycles. The number of hydrogen-bond donors (Lipinski definition) is 3. The highest BCUT2D eigenvalue weighted by molar-refractivity contribution is 6.47. The minimum atomic E-state index is -0.0612.